The molecule has 0 bridgehead atoms. The molecule has 0 aliphatic carbocycles. The van der Waals surface area contributed by atoms with Crippen molar-refractivity contribution in [2.75, 3.05) is 0 Å². The van der Waals surface area contributed by atoms with Gasteiger partial charge in [0, 0.05) is 6.54 Å². The van der Waals surface area contributed by atoms with E-state index in [9.17, 15) is 9.18 Å². The summed E-state index contributed by atoms with van der Waals surface area (Å²) in [5.74, 6) is 0.623. The zero-order chi connectivity index (χ0) is 27.2. The maximum atomic E-state index is 14.9. The van der Waals surface area contributed by atoms with Crippen LogP contribution in [0.25, 0.3) is 11.4 Å². The topological polar surface area (TPSA) is 44.1 Å². The fourth-order valence-electron chi connectivity index (χ4n) is 4.17. The van der Waals surface area contributed by atoms with Crippen LogP contribution in [0.3, 0.4) is 0 Å². The van der Waals surface area contributed by atoms with E-state index in [2.05, 4.69) is 43.6 Å². The molecule has 0 radical (unpaired) electrons. The van der Waals surface area contributed by atoms with Crippen LogP contribution in [0.15, 0.2) is 57.8 Å². The van der Waals surface area contributed by atoms with E-state index in [-0.39, 0.29) is 17.9 Å². The lowest BCUT2D eigenvalue weighted by Gasteiger charge is -2.20. The lowest BCUT2D eigenvalue weighted by atomic mass is 9.95. The summed E-state index contributed by atoms with van der Waals surface area (Å²) < 4.78 is 23.0. The fourth-order valence-corrected chi connectivity index (χ4v) is 4.48. The Morgan fingerprint density at radius 3 is 2.16 bits per heavy atom. The summed E-state index contributed by atoms with van der Waals surface area (Å²) in [6.07, 6.45) is 8.00. The minimum absolute atomic E-state index is 0.113. The van der Waals surface area contributed by atoms with Crippen LogP contribution in [-0.2, 0) is 13.2 Å². The molecule has 0 fully saturated rings. The van der Waals surface area contributed by atoms with Crippen LogP contribution in [0, 0.1) is 18.7 Å². The number of hydrogen-bond donors (Lipinski definition) is 0. The Morgan fingerprint density at radius 2 is 1.57 bits per heavy atom. The lowest BCUT2D eigenvalue weighted by Crippen LogP contribution is -2.26. The summed E-state index contributed by atoms with van der Waals surface area (Å²) in [6, 6.07) is 14.4. The predicted octanol–water partition coefficient (Wildman–Crippen LogP) is 9.11. The number of rotatable bonds is 12. The van der Waals surface area contributed by atoms with Crippen molar-refractivity contribution in [1.82, 2.24) is 9.55 Å². The van der Waals surface area contributed by atoms with Crippen molar-refractivity contribution in [3.05, 3.63) is 80.4 Å². The number of aryl methyl sites for hydroxylation is 1. The van der Waals surface area contributed by atoms with Crippen molar-refractivity contribution in [2.45, 2.75) is 92.7 Å². The molecule has 2 aromatic carbocycles. The lowest BCUT2D eigenvalue weighted by molar-refractivity contribution is 0.291. The summed E-state index contributed by atoms with van der Waals surface area (Å²) in [7, 11) is 0. The van der Waals surface area contributed by atoms with Crippen molar-refractivity contribution in [3.8, 4) is 17.1 Å². The third-order valence-corrected chi connectivity index (χ3v) is 7.28. The molecule has 0 atom stereocenters. The molecule has 0 saturated carbocycles. The van der Waals surface area contributed by atoms with E-state index in [0.717, 1.165) is 37.7 Å². The number of aromatic nitrogens is 2. The molecular formula is C31H42BrFN2O2. The van der Waals surface area contributed by atoms with E-state index in [4.69, 9.17) is 9.72 Å². The van der Waals surface area contributed by atoms with E-state index in [1.54, 1.807) is 23.6 Å². The highest BCUT2D eigenvalue weighted by Crippen LogP contribution is 2.33. The molecule has 0 saturated heterocycles. The molecule has 37 heavy (non-hydrogen) atoms. The molecule has 0 spiro atoms. The number of halogens is 2. The van der Waals surface area contributed by atoms with Crippen molar-refractivity contribution in [1.29, 1.82) is 0 Å². The van der Waals surface area contributed by atoms with E-state index in [0.29, 0.717) is 34.0 Å². The minimum Gasteiger partial charge on any atom is -0.485 e. The van der Waals surface area contributed by atoms with Gasteiger partial charge in [-0.05, 0) is 52.9 Å². The Hall–Kier alpha value is -2.47. The number of unbranched alkanes of at least 4 members (excludes halogenated alkanes) is 1. The van der Waals surface area contributed by atoms with Gasteiger partial charge in [-0.25, -0.2) is 9.37 Å². The molecule has 0 aliphatic heterocycles. The van der Waals surface area contributed by atoms with Crippen LogP contribution in [0.2, 0.25) is 0 Å². The monoisotopic (exact) mass is 572 g/mol. The van der Waals surface area contributed by atoms with Crippen LogP contribution < -0.4 is 10.3 Å². The molecule has 202 valence electrons. The second kappa shape index (κ2) is 16.4. The molecule has 0 unspecified atom stereocenters. The Balaban J connectivity index is 0.00000112. The van der Waals surface area contributed by atoms with Gasteiger partial charge in [0.2, 0.25) is 0 Å². The average molecular weight is 574 g/mol. The first-order valence-corrected chi connectivity index (χ1v) is 14.4. The van der Waals surface area contributed by atoms with Crippen LogP contribution in [0.4, 0.5) is 4.39 Å². The number of para-hydroxylation sites is 1. The van der Waals surface area contributed by atoms with Gasteiger partial charge in [-0.15, -0.1) is 0 Å². The highest BCUT2D eigenvalue weighted by Gasteiger charge is 2.21. The molecule has 3 aromatic rings. The highest BCUT2D eigenvalue weighted by atomic mass is 79.9. The molecule has 0 N–H and O–H groups in total. The SMILES string of the molecule is CCCC.CCCC(CCC)CCn1c(-c2cccc(F)c2OCc2ccccc2)nc(C)c(Br)c1=O. The van der Waals surface area contributed by atoms with E-state index in [1.165, 1.54) is 18.9 Å². The normalized spacial score (nSPS) is 10.8. The van der Waals surface area contributed by atoms with Crippen LogP contribution in [0.5, 0.6) is 5.75 Å². The molecule has 6 heteroatoms. The average Bonchev–Trinajstić information content (AvgIpc) is 2.91. The number of hydrogen-bond acceptors (Lipinski definition) is 3. The molecule has 4 nitrogen and oxygen atoms in total. The second-order valence-corrected chi connectivity index (χ2v) is 10.2. The first-order chi connectivity index (χ1) is 17.9. The smallest absolute Gasteiger partial charge is 0.268 e. The van der Waals surface area contributed by atoms with E-state index in [1.807, 2.05) is 30.3 Å². The minimum atomic E-state index is -0.473. The Morgan fingerprint density at radius 1 is 0.919 bits per heavy atom. The van der Waals surface area contributed by atoms with Crippen molar-refractivity contribution in [3.63, 3.8) is 0 Å². The van der Waals surface area contributed by atoms with Gasteiger partial charge in [0.25, 0.3) is 5.56 Å². The second-order valence-electron chi connectivity index (χ2n) is 9.41. The van der Waals surface area contributed by atoms with E-state index >= 15 is 0 Å². The third kappa shape index (κ3) is 9.10. The Labute approximate surface area is 230 Å². The molecule has 0 aliphatic rings. The van der Waals surface area contributed by atoms with Gasteiger partial charge in [0.1, 0.15) is 16.9 Å². The number of nitrogens with zero attached hydrogens (tertiary/aromatic N) is 2. The predicted molar refractivity (Wildman–Crippen MR) is 156 cm³/mol. The quantitative estimate of drug-likeness (QED) is 0.217. The molecule has 3 rings (SSSR count). The summed E-state index contributed by atoms with van der Waals surface area (Å²) >= 11 is 3.40. The van der Waals surface area contributed by atoms with Gasteiger partial charge in [0.05, 0.1) is 11.3 Å². The summed E-state index contributed by atoms with van der Waals surface area (Å²) in [5.41, 5.74) is 1.85. The Bertz CT molecular complexity index is 1140. The molecule has 1 heterocycles. The number of benzene rings is 2. The number of ether oxygens (including phenoxy) is 1. The van der Waals surface area contributed by atoms with Gasteiger partial charge in [-0.2, -0.15) is 0 Å². The van der Waals surface area contributed by atoms with Crippen molar-refractivity contribution >= 4 is 15.9 Å². The third-order valence-electron chi connectivity index (χ3n) is 6.37. The van der Waals surface area contributed by atoms with Crippen LogP contribution in [0.1, 0.15) is 83.9 Å². The van der Waals surface area contributed by atoms with Gasteiger partial charge < -0.3 is 4.74 Å². The molecule has 0 amide bonds. The van der Waals surface area contributed by atoms with Gasteiger partial charge >= 0.3 is 0 Å². The molecular weight excluding hydrogens is 531 g/mol. The highest BCUT2D eigenvalue weighted by molar-refractivity contribution is 9.10. The largest absolute Gasteiger partial charge is 0.485 e. The zero-order valence-corrected chi connectivity index (χ0v) is 24.6. The van der Waals surface area contributed by atoms with Gasteiger partial charge in [-0.3, -0.25) is 9.36 Å². The summed E-state index contributed by atoms with van der Waals surface area (Å²) in [5, 5.41) is 0. The van der Waals surface area contributed by atoms with Crippen LogP contribution in [-0.4, -0.2) is 9.55 Å². The first kappa shape index (κ1) is 30.8. The summed E-state index contributed by atoms with van der Waals surface area (Å²) in [6.45, 7) is 11.3. The molecule has 1 aromatic heterocycles. The maximum Gasteiger partial charge on any atom is 0.268 e. The van der Waals surface area contributed by atoms with Gasteiger partial charge in [0.15, 0.2) is 11.6 Å². The van der Waals surface area contributed by atoms with Crippen molar-refractivity contribution < 1.29 is 9.13 Å². The maximum absolute atomic E-state index is 14.9. The fraction of sp³-hybridized carbons (Fsp3) is 0.484. The van der Waals surface area contributed by atoms with Crippen LogP contribution >= 0.6 is 15.9 Å². The Kier molecular flexibility index (Phi) is 13.6. The first-order valence-electron chi connectivity index (χ1n) is 13.6. The summed E-state index contributed by atoms with van der Waals surface area (Å²) in [4.78, 5) is 17.9. The van der Waals surface area contributed by atoms with Gasteiger partial charge in [-0.1, -0.05) is 103 Å². The zero-order valence-electron chi connectivity index (χ0n) is 23.0. The van der Waals surface area contributed by atoms with Crippen molar-refractivity contribution in [2.24, 2.45) is 5.92 Å². The standard InChI is InChI=1S/C27H32BrFN2O2.C4H10/c1-4-10-20(11-5-2)16-17-31-26(30-19(3)24(28)27(31)32)22-14-9-15-23(29)25(22)33-18-21-12-7-6-8-13-21;1-3-4-2/h6-9,12-15,20H,4-5,10-11,16-18H2,1-3H3;3-4H2,1-2H3. The van der Waals surface area contributed by atoms with E-state index < -0.39 is 5.82 Å².